The van der Waals surface area contributed by atoms with E-state index in [1.807, 2.05) is 0 Å². The third-order valence-electron chi connectivity index (χ3n) is 5.29. The topological polar surface area (TPSA) is 32.7 Å². The molecular weight excluding hydrogens is 238 g/mol. The van der Waals surface area contributed by atoms with E-state index in [9.17, 15) is 5.11 Å². The summed E-state index contributed by atoms with van der Waals surface area (Å²) in [6.45, 7) is 8.47. The lowest BCUT2D eigenvalue weighted by Gasteiger charge is -2.47. The van der Waals surface area contributed by atoms with E-state index in [2.05, 4.69) is 25.7 Å². The van der Waals surface area contributed by atoms with Crippen molar-refractivity contribution in [1.29, 1.82) is 0 Å². The van der Waals surface area contributed by atoms with Crippen LogP contribution in [0.2, 0.25) is 0 Å². The van der Waals surface area contributed by atoms with E-state index >= 15 is 0 Å². The molecule has 1 N–H and O–H groups in total. The Kier molecular flexibility index (Phi) is 4.91. The van der Waals surface area contributed by atoms with Gasteiger partial charge in [-0.25, -0.2) is 0 Å². The zero-order valence-corrected chi connectivity index (χ0v) is 13.1. The van der Waals surface area contributed by atoms with E-state index < -0.39 is 0 Å². The molecule has 2 fully saturated rings. The summed E-state index contributed by atoms with van der Waals surface area (Å²) >= 11 is 0. The van der Waals surface area contributed by atoms with E-state index in [0.29, 0.717) is 12.1 Å². The third-order valence-corrected chi connectivity index (χ3v) is 5.29. The van der Waals surface area contributed by atoms with Crippen molar-refractivity contribution in [2.75, 3.05) is 20.3 Å². The van der Waals surface area contributed by atoms with Gasteiger partial charge in [-0.05, 0) is 43.9 Å². The maximum Gasteiger partial charge on any atom is 0.0746 e. The van der Waals surface area contributed by atoms with E-state index in [1.165, 1.54) is 19.3 Å². The molecule has 0 bridgehead atoms. The highest BCUT2D eigenvalue weighted by Crippen LogP contribution is 2.41. The van der Waals surface area contributed by atoms with Gasteiger partial charge in [0.05, 0.1) is 12.7 Å². The van der Waals surface area contributed by atoms with Gasteiger partial charge >= 0.3 is 0 Å². The zero-order chi connectivity index (χ0) is 14.0. The fraction of sp³-hybridized carbons (Fsp3) is 1.00. The lowest BCUT2D eigenvalue weighted by molar-refractivity contribution is -0.0743. The van der Waals surface area contributed by atoms with Gasteiger partial charge in [-0.15, -0.1) is 0 Å². The van der Waals surface area contributed by atoms with Gasteiger partial charge in [0.2, 0.25) is 0 Å². The van der Waals surface area contributed by atoms with Crippen molar-refractivity contribution in [3.63, 3.8) is 0 Å². The van der Waals surface area contributed by atoms with Crippen LogP contribution in [0, 0.1) is 11.3 Å². The predicted octanol–water partition coefficient (Wildman–Crippen LogP) is 2.67. The second-order valence-electron chi connectivity index (χ2n) is 7.20. The van der Waals surface area contributed by atoms with Gasteiger partial charge < -0.3 is 9.84 Å². The molecular formula is C16H31NO2. The highest BCUT2D eigenvalue weighted by molar-refractivity contribution is 4.97. The Morgan fingerprint density at radius 1 is 1.32 bits per heavy atom. The van der Waals surface area contributed by atoms with Gasteiger partial charge in [-0.1, -0.05) is 20.3 Å². The molecule has 0 aliphatic heterocycles. The van der Waals surface area contributed by atoms with E-state index in [4.69, 9.17) is 4.74 Å². The summed E-state index contributed by atoms with van der Waals surface area (Å²) in [6.07, 6.45) is 6.01. The molecule has 2 aliphatic carbocycles. The minimum absolute atomic E-state index is 0.0531. The smallest absolute Gasteiger partial charge is 0.0746 e. The molecule has 0 radical (unpaired) electrons. The van der Waals surface area contributed by atoms with Gasteiger partial charge in [0.1, 0.15) is 0 Å². The number of methoxy groups -OCH3 is 1. The average Bonchev–Trinajstić information content (AvgIpc) is 3.18. The van der Waals surface area contributed by atoms with Crippen molar-refractivity contribution in [3.05, 3.63) is 0 Å². The summed E-state index contributed by atoms with van der Waals surface area (Å²) in [6, 6.07) is 0.901. The first-order chi connectivity index (χ1) is 8.97. The summed E-state index contributed by atoms with van der Waals surface area (Å²) in [5, 5.41) is 10.7. The molecule has 2 aliphatic rings. The number of ether oxygens (including phenoxy) is 1. The van der Waals surface area contributed by atoms with Crippen molar-refractivity contribution in [2.45, 2.75) is 71.1 Å². The SMILES string of the molecule is COCCN(C(C)C1CC1)C1CCCC(C)(C)C1O. The standard InChI is InChI=1S/C16H31NO2/c1-12(13-7-8-13)17(10-11-19-4)14-6-5-9-16(2,3)15(14)18/h12-15,18H,5-11H2,1-4H3. The van der Waals surface area contributed by atoms with E-state index in [1.54, 1.807) is 7.11 Å². The zero-order valence-electron chi connectivity index (χ0n) is 13.1. The normalized spacial score (nSPS) is 32.5. The molecule has 0 aromatic carbocycles. The summed E-state index contributed by atoms with van der Waals surface area (Å²) in [5.74, 6) is 0.842. The summed E-state index contributed by atoms with van der Waals surface area (Å²) in [7, 11) is 1.77. The molecule has 3 nitrogen and oxygen atoms in total. The van der Waals surface area contributed by atoms with Crippen molar-refractivity contribution >= 4 is 0 Å². The maximum atomic E-state index is 10.7. The van der Waals surface area contributed by atoms with Crippen molar-refractivity contribution in [2.24, 2.45) is 11.3 Å². The second-order valence-corrected chi connectivity index (χ2v) is 7.20. The average molecular weight is 269 g/mol. The van der Waals surface area contributed by atoms with Crippen LogP contribution in [0.4, 0.5) is 0 Å². The van der Waals surface area contributed by atoms with Gasteiger partial charge in [-0.2, -0.15) is 0 Å². The Morgan fingerprint density at radius 2 is 2.00 bits per heavy atom. The number of rotatable bonds is 6. The molecule has 2 saturated carbocycles. The molecule has 3 heteroatoms. The largest absolute Gasteiger partial charge is 0.391 e. The summed E-state index contributed by atoms with van der Waals surface area (Å²) < 4.78 is 5.28. The minimum Gasteiger partial charge on any atom is -0.391 e. The number of hydrogen-bond acceptors (Lipinski definition) is 3. The van der Waals surface area contributed by atoms with Gasteiger partial charge in [0, 0.05) is 25.7 Å². The quantitative estimate of drug-likeness (QED) is 0.804. The minimum atomic E-state index is -0.209. The lowest BCUT2D eigenvalue weighted by atomic mass is 9.72. The van der Waals surface area contributed by atoms with Crippen LogP contribution in [-0.4, -0.2) is 48.5 Å². The maximum absolute atomic E-state index is 10.7. The Morgan fingerprint density at radius 3 is 2.58 bits per heavy atom. The highest BCUT2D eigenvalue weighted by Gasteiger charge is 2.43. The molecule has 0 saturated heterocycles. The highest BCUT2D eigenvalue weighted by atomic mass is 16.5. The molecule has 2 rings (SSSR count). The van der Waals surface area contributed by atoms with Crippen molar-refractivity contribution < 1.29 is 9.84 Å². The van der Waals surface area contributed by atoms with Crippen molar-refractivity contribution in [3.8, 4) is 0 Å². The van der Waals surface area contributed by atoms with Crippen LogP contribution in [0.25, 0.3) is 0 Å². The van der Waals surface area contributed by atoms with Gasteiger partial charge in [0.15, 0.2) is 0 Å². The fourth-order valence-corrected chi connectivity index (χ4v) is 3.66. The Labute approximate surface area is 118 Å². The van der Waals surface area contributed by atoms with Crippen LogP contribution in [0.3, 0.4) is 0 Å². The molecule has 112 valence electrons. The van der Waals surface area contributed by atoms with E-state index in [-0.39, 0.29) is 11.5 Å². The summed E-state index contributed by atoms with van der Waals surface area (Å²) in [5.41, 5.74) is 0.0531. The number of aliphatic hydroxyl groups excluding tert-OH is 1. The number of nitrogens with zero attached hydrogens (tertiary/aromatic N) is 1. The van der Waals surface area contributed by atoms with Crippen LogP contribution >= 0.6 is 0 Å². The first-order valence-corrected chi connectivity index (χ1v) is 7.90. The monoisotopic (exact) mass is 269 g/mol. The first-order valence-electron chi connectivity index (χ1n) is 7.90. The molecule has 0 spiro atoms. The van der Waals surface area contributed by atoms with Crippen LogP contribution in [0.5, 0.6) is 0 Å². The van der Waals surface area contributed by atoms with Crippen LogP contribution in [-0.2, 0) is 4.74 Å². The molecule has 3 unspecified atom stereocenters. The third kappa shape index (κ3) is 3.50. The molecule has 0 aromatic rings. The second kappa shape index (κ2) is 6.11. The van der Waals surface area contributed by atoms with Gasteiger partial charge in [0.25, 0.3) is 0 Å². The van der Waals surface area contributed by atoms with Crippen LogP contribution in [0.1, 0.15) is 52.9 Å². The number of hydrogen-bond donors (Lipinski definition) is 1. The van der Waals surface area contributed by atoms with Crippen molar-refractivity contribution in [1.82, 2.24) is 4.90 Å². The van der Waals surface area contributed by atoms with E-state index in [0.717, 1.165) is 31.9 Å². The molecule has 19 heavy (non-hydrogen) atoms. The predicted molar refractivity (Wildman–Crippen MR) is 78.2 cm³/mol. The molecule has 0 heterocycles. The number of aliphatic hydroxyl groups is 1. The van der Waals surface area contributed by atoms with Crippen LogP contribution < -0.4 is 0 Å². The molecule has 3 atom stereocenters. The summed E-state index contributed by atoms with van der Waals surface area (Å²) in [4.78, 5) is 2.53. The molecule has 0 aromatic heterocycles. The Bertz CT molecular complexity index is 288. The lowest BCUT2D eigenvalue weighted by Crippen LogP contribution is -2.56. The fourth-order valence-electron chi connectivity index (χ4n) is 3.66. The Hall–Kier alpha value is -0.120. The van der Waals surface area contributed by atoms with Gasteiger partial charge in [-0.3, -0.25) is 4.90 Å². The first kappa shape index (κ1) is 15.3. The molecule has 0 amide bonds. The van der Waals surface area contributed by atoms with Crippen LogP contribution in [0.15, 0.2) is 0 Å². The Balaban J connectivity index is 2.07.